The summed E-state index contributed by atoms with van der Waals surface area (Å²) in [5, 5.41) is 8.55. The Labute approximate surface area is 110 Å². The van der Waals surface area contributed by atoms with Crippen LogP contribution in [-0.2, 0) is 6.42 Å². The first kappa shape index (κ1) is 14.5. The van der Waals surface area contributed by atoms with E-state index in [9.17, 15) is 0 Å². The highest BCUT2D eigenvalue weighted by Gasteiger charge is 2.06. The monoisotopic (exact) mass is 246 g/mol. The van der Waals surface area contributed by atoms with Gasteiger partial charge in [0.2, 0.25) is 0 Å². The van der Waals surface area contributed by atoms with Gasteiger partial charge in [0.1, 0.15) is 5.75 Å². The average Bonchev–Trinajstić information content (AvgIpc) is 2.36. The highest BCUT2D eigenvalue weighted by molar-refractivity contribution is 5.41. The molecule has 0 saturated carbocycles. The number of methoxy groups -OCH3 is 1. The smallest absolute Gasteiger partial charge is 0.122 e. The first-order valence-electron chi connectivity index (χ1n) is 6.28. The van der Waals surface area contributed by atoms with Gasteiger partial charge in [-0.15, -0.1) is 0 Å². The Morgan fingerprint density at radius 3 is 2.56 bits per heavy atom. The zero-order valence-corrected chi connectivity index (χ0v) is 11.8. The fraction of sp³-hybridized carbons (Fsp3) is 0.533. The minimum Gasteiger partial charge on any atom is -0.496 e. The maximum Gasteiger partial charge on any atom is 0.122 e. The van der Waals surface area contributed by atoms with Crippen molar-refractivity contribution in [2.45, 2.75) is 26.7 Å². The van der Waals surface area contributed by atoms with Gasteiger partial charge in [0.25, 0.3) is 0 Å². The van der Waals surface area contributed by atoms with E-state index in [1.807, 2.05) is 0 Å². The van der Waals surface area contributed by atoms with Crippen LogP contribution in [0.25, 0.3) is 0 Å². The molecular weight excluding hydrogens is 224 g/mol. The van der Waals surface area contributed by atoms with Crippen LogP contribution in [0, 0.1) is 25.2 Å². The van der Waals surface area contributed by atoms with Crippen molar-refractivity contribution in [3.63, 3.8) is 0 Å². The number of ether oxygens (including phenoxy) is 1. The molecule has 0 amide bonds. The van der Waals surface area contributed by atoms with Gasteiger partial charge in [-0.1, -0.05) is 6.07 Å². The van der Waals surface area contributed by atoms with Crippen molar-refractivity contribution in [3.8, 4) is 11.8 Å². The number of aryl methyl sites for hydroxylation is 2. The zero-order valence-electron chi connectivity index (χ0n) is 11.8. The lowest BCUT2D eigenvalue weighted by molar-refractivity contribution is 0.346. The molecular formula is C15H22N2O. The Hall–Kier alpha value is -1.53. The molecule has 1 aromatic carbocycles. The van der Waals surface area contributed by atoms with Crippen molar-refractivity contribution in [1.29, 1.82) is 5.26 Å². The van der Waals surface area contributed by atoms with Gasteiger partial charge < -0.3 is 9.64 Å². The van der Waals surface area contributed by atoms with Gasteiger partial charge in [0.05, 0.1) is 13.2 Å². The molecule has 1 aromatic rings. The maximum atomic E-state index is 8.55. The fourth-order valence-corrected chi connectivity index (χ4v) is 2.00. The van der Waals surface area contributed by atoms with Crippen LogP contribution in [-0.4, -0.2) is 32.1 Å². The van der Waals surface area contributed by atoms with Crippen molar-refractivity contribution in [2.24, 2.45) is 0 Å². The van der Waals surface area contributed by atoms with Gasteiger partial charge in [-0.05, 0) is 50.1 Å². The summed E-state index contributed by atoms with van der Waals surface area (Å²) in [5.41, 5.74) is 3.81. The molecule has 3 nitrogen and oxygen atoms in total. The lowest BCUT2D eigenvalue weighted by Crippen LogP contribution is -2.22. The van der Waals surface area contributed by atoms with Crippen LogP contribution >= 0.6 is 0 Å². The first-order valence-corrected chi connectivity index (χ1v) is 6.28. The van der Waals surface area contributed by atoms with Crippen molar-refractivity contribution in [1.82, 2.24) is 4.90 Å². The number of hydrogen-bond donors (Lipinski definition) is 0. The molecule has 0 radical (unpaired) electrons. The van der Waals surface area contributed by atoms with Gasteiger partial charge in [0, 0.05) is 19.5 Å². The molecule has 0 heterocycles. The summed E-state index contributed by atoms with van der Waals surface area (Å²) in [5.74, 6) is 0.953. The topological polar surface area (TPSA) is 36.3 Å². The molecule has 0 fully saturated rings. The lowest BCUT2D eigenvalue weighted by Gasteiger charge is -2.16. The molecule has 0 aliphatic heterocycles. The predicted octanol–water partition coefficient (Wildman–Crippen LogP) is 2.70. The van der Waals surface area contributed by atoms with E-state index in [0.29, 0.717) is 6.42 Å². The molecule has 0 N–H and O–H groups in total. The van der Waals surface area contributed by atoms with Gasteiger partial charge in [-0.2, -0.15) is 5.26 Å². The summed E-state index contributed by atoms with van der Waals surface area (Å²) in [6, 6.07) is 6.47. The van der Waals surface area contributed by atoms with E-state index >= 15 is 0 Å². The quantitative estimate of drug-likeness (QED) is 0.774. The predicted molar refractivity (Wildman–Crippen MR) is 73.9 cm³/mol. The van der Waals surface area contributed by atoms with Crippen LogP contribution in [0.2, 0.25) is 0 Å². The number of rotatable bonds is 6. The second-order valence-corrected chi connectivity index (χ2v) is 4.71. The number of nitrogens with zero attached hydrogens (tertiary/aromatic N) is 2. The summed E-state index contributed by atoms with van der Waals surface area (Å²) in [6.45, 7) is 6.01. The Bertz CT molecular complexity index is 435. The van der Waals surface area contributed by atoms with Gasteiger partial charge >= 0.3 is 0 Å². The minimum absolute atomic E-state index is 0.594. The Balaban J connectivity index is 2.63. The summed E-state index contributed by atoms with van der Waals surface area (Å²) in [7, 11) is 3.76. The standard InChI is InChI=1S/C15H22N2O/c1-12-11-15(18-4)13(2)10-14(12)6-9-17(3)8-5-7-16/h10-11H,5-6,8-9H2,1-4H3. The van der Waals surface area contributed by atoms with Crippen molar-refractivity contribution >= 4 is 0 Å². The van der Waals surface area contributed by atoms with E-state index in [0.717, 1.165) is 25.3 Å². The van der Waals surface area contributed by atoms with Gasteiger partial charge in [0.15, 0.2) is 0 Å². The third-order valence-electron chi connectivity index (χ3n) is 3.22. The van der Waals surface area contributed by atoms with E-state index in [-0.39, 0.29) is 0 Å². The first-order chi connectivity index (χ1) is 8.58. The van der Waals surface area contributed by atoms with E-state index < -0.39 is 0 Å². The summed E-state index contributed by atoms with van der Waals surface area (Å²) in [6.07, 6.45) is 1.61. The van der Waals surface area contributed by atoms with Crippen LogP contribution in [0.15, 0.2) is 12.1 Å². The number of hydrogen-bond acceptors (Lipinski definition) is 3. The third kappa shape index (κ3) is 4.05. The number of benzene rings is 1. The minimum atomic E-state index is 0.594. The molecule has 0 aromatic heterocycles. The molecule has 0 atom stereocenters. The highest BCUT2D eigenvalue weighted by Crippen LogP contribution is 2.22. The maximum absolute atomic E-state index is 8.55. The molecule has 3 heteroatoms. The largest absolute Gasteiger partial charge is 0.496 e. The second-order valence-electron chi connectivity index (χ2n) is 4.71. The molecule has 0 spiro atoms. The Morgan fingerprint density at radius 1 is 1.22 bits per heavy atom. The third-order valence-corrected chi connectivity index (χ3v) is 3.22. The van der Waals surface area contributed by atoms with Crippen molar-refractivity contribution in [2.75, 3.05) is 27.2 Å². The lowest BCUT2D eigenvalue weighted by atomic mass is 10.0. The fourth-order valence-electron chi connectivity index (χ4n) is 2.00. The normalized spacial score (nSPS) is 10.4. The second kappa shape index (κ2) is 7.03. The van der Waals surface area contributed by atoms with E-state index in [4.69, 9.17) is 10.00 Å². The molecule has 0 bridgehead atoms. The van der Waals surface area contributed by atoms with E-state index in [1.54, 1.807) is 7.11 Å². The molecule has 98 valence electrons. The molecule has 18 heavy (non-hydrogen) atoms. The van der Waals surface area contributed by atoms with Crippen molar-refractivity contribution < 1.29 is 4.74 Å². The van der Waals surface area contributed by atoms with Crippen LogP contribution < -0.4 is 4.74 Å². The average molecular weight is 246 g/mol. The Morgan fingerprint density at radius 2 is 1.94 bits per heavy atom. The van der Waals surface area contributed by atoms with Gasteiger partial charge in [-0.25, -0.2) is 0 Å². The summed E-state index contributed by atoms with van der Waals surface area (Å²) < 4.78 is 5.31. The van der Waals surface area contributed by atoms with E-state index in [2.05, 4.69) is 44.0 Å². The van der Waals surface area contributed by atoms with Crippen LogP contribution in [0.1, 0.15) is 23.1 Å². The molecule has 0 aliphatic rings. The summed E-state index contributed by atoms with van der Waals surface area (Å²) in [4.78, 5) is 2.20. The van der Waals surface area contributed by atoms with Crippen LogP contribution in [0.5, 0.6) is 5.75 Å². The highest BCUT2D eigenvalue weighted by atomic mass is 16.5. The molecule has 0 saturated heterocycles. The van der Waals surface area contributed by atoms with Crippen molar-refractivity contribution in [3.05, 3.63) is 28.8 Å². The SMILES string of the molecule is COc1cc(C)c(CCN(C)CCC#N)cc1C. The van der Waals surface area contributed by atoms with Gasteiger partial charge in [-0.3, -0.25) is 0 Å². The summed E-state index contributed by atoms with van der Waals surface area (Å²) >= 11 is 0. The number of likely N-dealkylation sites (N-methyl/N-ethyl adjacent to an activating group) is 1. The Kier molecular flexibility index (Phi) is 5.67. The molecule has 1 rings (SSSR count). The molecule has 0 unspecified atom stereocenters. The van der Waals surface area contributed by atoms with Crippen LogP contribution in [0.4, 0.5) is 0 Å². The van der Waals surface area contributed by atoms with E-state index in [1.165, 1.54) is 16.7 Å². The van der Waals surface area contributed by atoms with Crippen LogP contribution in [0.3, 0.4) is 0 Å². The zero-order chi connectivity index (χ0) is 13.5. The molecule has 0 aliphatic carbocycles. The number of nitriles is 1.